The van der Waals surface area contributed by atoms with Crippen LogP contribution in [0.5, 0.6) is 17.2 Å². The summed E-state index contributed by atoms with van der Waals surface area (Å²) in [6.07, 6.45) is -1.98. The van der Waals surface area contributed by atoms with E-state index in [0.29, 0.717) is 29.6 Å². The van der Waals surface area contributed by atoms with Crippen LogP contribution in [0.25, 0.3) is 11.3 Å². The Morgan fingerprint density at radius 2 is 1.76 bits per heavy atom. The number of ether oxygens (including phenoxy) is 3. The number of methoxy groups -OCH3 is 2. The Hall–Kier alpha value is -3.50. The maximum Gasteiger partial charge on any atom is 0.395 e. The molecule has 0 aliphatic heterocycles. The lowest BCUT2D eigenvalue weighted by Gasteiger charge is -2.29. The number of benzene rings is 2. The van der Waals surface area contributed by atoms with Crippen molar-refractivity contribution in [1.29, 1.82) is 0 Å². The number of halogens is 4. The van der Waals surface area contributed by atoms with Gasteiger partial charge in [0.15, 0.2) is 11.5 Å². The molecule has 7 nitrogen and oxygen atoms in total. The lowest BCUT2D eigenvalue weighted by molar-refractivity contribution is -0.159. The highest BCUT2D eigenvalue weighted by molar-refractivity contribution is 6.31. The van der Waals surface area contributed by atoms with Crippen molar-refractivity contribution in [2.45, 2.75) is 31.5 Å². The fourth-order valence-corrected chi connectivity index (χ4v) is 4.29. The number of aliphatic hydroxyl groups is 1. The second-order valence-corrected chi connectivity index (χ2v) is 9.44. The third-order valence-corrected chi connectivity index (χ3v) is 6.49. The number of hydrogen-bond acceptors (Lipinski definition) is 6. The standard InChI is InChI=1S/C27H26ClF3N2O5/c1-26(30,31)38-20-9-5-16(13-22(20)37-3)25(34)32-14-27(35,17-6-7-17)23-11-10-21(36-2)24(33-23)15-4-8-19(29)18(28)12-15/h4-5,8-13,17,35H,6-7,14H2,1-3H3,(H,32,34). The van der Waals surface area contributed by atoms with Crippen molar-refractivity contribution in [3.63, 3.8) is 0 Å². The lowest BCUT2D eigenvalue weighted by atomic mass is 9.92. The Labute approximate surface area is 222 Å². The Morgan fingerprint density at radius 1 is 1.08 bits per heavy atom. The minimum Gasteiger partial charge on any atom is -0.494 e. The average Bonchev–Trinajstić information content (AvgIpc) is 3.74. The number of alkyl halides is 2. The zero-order valence-corrected chi connectivity index (χ0v) is 21.6. The number of carbonyl (C=O) groups is 1. The van der Waals surface area contributed by atoms with Gasteiger partial charge in [-0.15, -0.1) is 0 Å². The van der Waals surface area contributed by atoms with Gasteiger partial charge in [0.25, 0.3) is 5.91 Å². The van der Waals surface area contributed by atoms with Gasteiger partial charge in [-0.2, -0.15) is 8.78 Å². The van der Waals surface area contributed by atoms with E-state index in [1.54, 1.807) is 12.1 Å². The van der Waals surface area contributed by atoms with E-state index in [4.69, 9.17) is 21.1 Å². The predicted molar refractivity (Wildman–Crippen MR) is 134 cm³/mol. The first kappa shape index (κ1) is 27.5. The molecule has 0 spiro atoms. The summed E-state index contributed by atoms with van der Waals surface area (Å²) in [4.78, 5) is 17.6. The quantitative estimate of drug-likeness (QED) is 0.343. The molecule has 1 fully saturated rings. The number of nitrogens with zero attached hydrogens (tertiary/aromatic N) is 1. The zero-order valence-electron chi connectivity index (χ0n) is 20.9. The van der Waals surface area contributed by atoms with Gasteiger partial charge < -0.3 is 24.6 Å². The topological polar surface area (TPSA) is 89.9 Å². The van der Waals surface area contributed by atoms with Gasteiger partial charge in [-0.3, -0.25) is 4.79 Å². The van der Waals surface area contributed by atoms with Crippen LogP contribution in [0.15, 0.2) is 48.5 Å². The van der Waals surface area contributed by atoms with Crippen molar-refractivity contribution < 1.29 is 37.3 Å². The Balaban J connectivity index is 1.60. The summed E-state index contributed by atoms with van der Waals surface area (Å²) in [7, 11) is 2.73. The molecule has 2 N–H and O–H groups in total. The fraction of sp³-hybridized carbons (Fsp3) is 0.333. The maximum atomic E-state index is 13.7. The van der Waals surface area contributed by atoms with Crippen LogP contribution in [0.2, 0.25) is 5.02 Å². The van der Waals surface area contributed by atoms with Crippen molar-refractivity contribution in [3.8, 4) is 28.5 Å². The highest BCUT2D eigenvalue weighted by atomic mass is 35.5. The van der Waals surface area contributed by atoms with Gasteiger partial charge in [0, 0.05) is 18.1 Å². The van der Waals surface area contributed by atoms with Crippen LogP contribution in [-0.2, 0) is 5.60 Å². The summed E-state index contributed by atoms with van der Waals surface area (Å²) in [5.74, 6) is -1.17. The predicted octanol–water partition coefficient (Wildman–Crippen LogP) is 5.58. The summed E-state index contributed by atoms with van der Waals surface area (Å²) in [5, 5.41) is 14.3. The Morgan fingerprint density at radius 3 is 2.37 bits per heavy atom. The van der Waals surface area contributed by atoms with Crippen LogP contribution in [0.3, 0.4) is 0 Å². The van der Waals surface area contributed by atoms with Crippen LogP contribution in [0.1, 0.15) is 35.8 Å². The molecular weight excluding hydrogens is 525 g/mol. The smallest absolute Gasteiger partial charge is 0.395 e. The minimum absolute atomic E-state index is 0.0453. The van der Waals surface area contributed by atoms with Gasteiger partial charge in [0.1, 0.15) is 22.9 Å². The van der Waals surface area contributed by atoms with Crippen LogP contribution in [-0.4, -0.2) is 42.9 Å². The molecule has 11 heteroatoms. The summed E-state index contributed by atoms with van der Waals surface area (Å²) < 4.78 is 55.4. The Bertz CT molecular complexity index is 1350. The van der Waals surface area contributed by atoms with E-state index in [1.165, 1.54) is 50.6 Å². The molecule has 1 aliphatic rings. The molecule has 1 unspecified atom stereocenters. The van der Waals surface area contributed by atoms with E-state index in [2.05, 4.69) is 15.0 Å². The minimum atomic E-state index is -3.43. The molecule has 0 radical (unpaired) electrons. The van der Waals surface area contributed by atoms with Gasteiger partial charge >= 0.3 is 6.11 Å². The van der Waals surface area contributed by atoms with Crippen molar-refractivity contribution in [2.75, 3.05) is 20.8 Å². The molecule has 4 rings (SSSR count). The highest BCUT2D eigenvalue weighted by Crippen LogP contribution is 2.46. The molecule has 38 heavy (non-hydrogen) atoms. The molecule has 0 bridgehead atoms. The Kier molecular flexibility index (Phi) is 7.75. The summed E-state index contributed by atoms with van der Waals surface area (Å²) in [6, 6.07) is 11.2. The molecule has 1 amide bonds. The number of carbonyl (C=O) groups excluding carboxylic acids is 1. The molecule has 1 aliphatic carbocycles. The molecule has 2 aromatic carbocycles. The first-order valence-corrected chi connectivity index (χ1v) is 12.1. The number of amides is 1. The molecule has 3 aromatic rings. The van der Waals surface area contributed by atoms with Gasteiger partial charge in [0.2, 0.25) is 0 Å². The zero-order chi connectivity index (χ0) is 27.7. The molecule has 0 saturated heterocycles. The molecule has 1 heterocycles. The van der Waals surface area contributed by atoms with Crippen molar-refractivity contribution in [3.05, 3.63) is 70.6 Å². The van der Waals surface area contributed by atoms with Gasteiger partial charge in [0.05, 0.1) is 31.5 Å². The second-order valence-electron chi connectivity index (χ2n) is 9.03. The van der Waals surface area contributed by atoms with Crippen LogP contribution in [0.4, 0.5) is 13.2 Å². The summed E-state index contributed by atoms with van der Waals surface area (Å²) in [5.41, 5.74) is -0.258. The van der Waals surface area contributed by atoms with Gasteiger partial charge in [-0.25, -0.2) is 9.37 Å². The van der Waals surface area contributed by atoms with Crippen LogP contribution in [0, 0.1) is 11.7 Å². The summed E-state index contributed by atoms with van der Waals surface area (Å²) >= 11 is 5.96. The number of nitrogens with one attached hydrogen (secondary N) is 1. The molecule has 202 valence electrons. The fourth-order valence-electron chi connectivity index (χ4n) is 4.11. The van der Waals surface area contributed by atoms with Crippen LogP contribution >= 0.6 is 11.6 Å². The first-order chi connectivity index (χ1) is 17.9. The van der Waals surface area contributed by atoms with Crippen LogP contribution < -0.4 is 19.5 Å². The normalized spacial score (nSPS) is 14.9. The van der Waals surface area contributed by atoms with E-state index in [9.17, 15) is 23.1 Å². The molecule has 1 atom stereocenters. The first-order valence-electron chi connectivity index (χ1n) is 11.7. The molecular formula is C27H26ClF3N2O5. The number of rotatable bonds is 10. The number of pyridine rings is 1. The van der Waals surface area contributed by atoms with E-state index in [0.717, 1.165) is 12.8 Å². The number of hydrogen-bond donors (Lipinski definition) is 2. The number of aromatic nitrogens is 1. The lowest BCUT2D eigenvalue weighted by Crippen LogP contribution is -2.43. The van der Waals surface area contributed by atoms with Crippen molar-refractivity contribution >= 4 is 17.5 Å². The van der Waals surface area contributed by atoms with E-state index in [1.807, 2.05) is 0 Å². The van der Waals surface area contributed by atoms with E-state index >= 15 is 0 Å². The second kappa shape index (κ2) is 10.7. The monoisotopic (exact) mass is 550 g/mol. The average molecular weight is 551 g/mol. The summed E-state index contributed by atoms with van der Waals surface area (Å²) in [6.45, 7) is 0.419. The highest BCUT2D eigenvalue weighted by Gasteiger charge is 2.46. The van der Waals surface area contributed by atoms with Crippen molar-refractivity contribution in [2.24, 2.45) is 5.92 Å². The van der Waals surface area contributed by atoms with Crippen molar-refractivity contribution in [1.82, 2.24) is 10.3 Å². The maximum absolute atomic E-state index is 13.7. The van der Waals surface area contributed by atoms with E-state index < -0.39 is 23.4 Å². The third-order valence-electron chi connectivity index (χ3n) is 6.20. The van der Waals surface area contributed by atoms with Gasteiger partial charge in [-0.05, 0) is 67.3 Å². The molecule has 1 saturated carbocycles. The largest absolute Gasteiger partial charge is 0.494 e. The SMILES string of the molecule is COc1cc(C(=O)NCC(O)(c2ccc(OC)c(-c3ccc(F)c(Cl)c3)n2)C2CC2)ccc1OC(C)(F)F. The molecule has 1 aromatic heterocycles. The van der Waals surface area contributed by atoms with Gasteiger partial charge in [-0.1, -0.05) is 11.6 Å². The third kappa shape index (κ3) is 5.97. The van der Waals surface area contributed by atoms with E-state index in [-0.39, 0.29) is 34.5 Å².